The third-order valence-electron chi connectivity index (χ3n) is 2.30. The van der Waals surface area contributed by atoms with Gasteiger partial charge in [-0.25, -0.2) is 0 Å². The van der Waals surface area contributed by atoms with E-state index in [2.05, 4.69) is 0 Å². The third kappa shape index (κ3) is 3.01. The van der Waals surface area contributed by atoms with Crippen LogP contribution in [0.5, 0.6) is 5.75 Å². The third-order valence-corrected chi connectivity index (χ3v) is 2.30. The van der Waals surface area contributed by atoms with Crippen LogP contribution in [0, 0.1) is 0 Å². The Bertz CT molecular complexity index is 286. The fraction of sp³-hybridized carbons (Fsp3) is 0.455. The minimum Gasteiger partial charge on any atom is -0.497 e. The first-order valence-corrected chi connectivity index (χ1v) is 4.68. The van der Waals surface area contributed by atoms with E-state index >= 15 is 0 Å². The van der Waals surface area contributed by atoms with Crippen molar-refractivity contribution in [2.45, 2.75) is 19.4 Å². The molecule has 0 radical (unpaired) electrons. The second-order valence-corrected chi connectivity index (χ2v) is 3.48. The second kappa shape index (κ2) is 4.98. The van der Waals surface area contributed by atoms with Crippen LogP contribution in [0.1, 0.15) is 12.5 Å². The van der Waals surface area contributed by atoms with Gasteiger partial charge in [0.05, 0.1) is 7.11 Å². The summed E-state index contributed by atoms with van der Waals surface area (Å²) < 4.78 is 5.12. The highest BCUT2D eigenvalue weighted by Gasteiger charge is 2.07. The molecule has 14 heavy (non-hydrogen) atoms. The maximum absolute atomic E-state index is 9.21. The predicted molar refractivity (Wildman–Crippen MR) is 55.7 cm³/mol. The van der Waals surface area contributed by atoms with Gasteiger partial charge in [-0.2, -0.15) is 5.06 Å². The van der Waals surface area contributed by atoms with E-state index in [1.54, 1.807) is 14.2 Å². The Labute approximate surface area is 84.9 Å². The Hall–Kier alpha value is -1.06. The van der Waals surface area contributed by atoms with Gasteiger partial charge in [0.2, 0.25) is 0 Å². The van der Waals surface area contributed by atoms with E-state index < -0.39 is 0 Å². The Morgan fingerprint density at radius 3 is 2.79 bits per heavy atom. The fourth-order valence-electron chi connectivity index (χ4n) is 1.27. The van der Waals surface area contributed by atoms with Gasteiger partial charge in [0.1, 0.15) is 5.75 Å². The zero-order valence-corrected chi connectivity index (χ0v) is 8.90. The largest absolute Gasteiger partial charge is 0.497 e. The van der Waals surface area contributed by atoms with Crippen molar-refractivity contribution >= 4 is 0 Å². The quantitative estimate of drug-likeness (QED) is 0.745. The van der Waals surface area contributed by atoms with Gasteiger partial charge in [0.15, 0.2) is 0 Å². The summed E-state index contributed by atoms with van der Waals surface area (Å²) in [4.78, 5) is 0. The van der Waals surface area contributed by atoms with E-state index in [1.807, 2.05) is 31.2 Å². The molecule has 0 saturated heterocycles. The first-order valence-electron chi connectivity index (χ1n) is 4.68. The molecule has 1 aromatic carbocycles. The summed E-state index contributed by atoms with van der Waals surface area (Å²) in [5, 5.41) is 10.4. The highest BCUT2D eigenvalue weighted by atomic mass is 16.5. The molecule has 0 bridgehead atoms. The molecule has 78 valence electrons. The van der Waals surface area contributed by atoms with E-state index in [0.717, 1.165) is 17.7 Å². The minimum absolute atomic E-state index is 0.113. The Balaban J connectivity index is 2.66. The molecule has 1 unspecified atom stereocenters. The first kappa shape index (κ1) is 11.0. The van der Waals surface area contributed by atoms with E-state index in [-0.39, 0.29) is 6.04 Å². The van der Waals surface area contributed by atoms with Gasteiger partial charge in [-0.3, -0.25) is 0 Å². The molecule has 0 spiro atoms. The van der Waals surface area contributed by atoms with E-state index in [9.17, 15) is 5.21 Å². The molecule has 1 N–H and O–H groups in total. The Morgan fingerprint density at radius 1 is 1.50 bits per heavy atom. The van der Waals surface area contributed by atoms with Crippen molar-refractivity contribution < 1.29 is 9.94 Å². The van der Waals surface area contributed by atoms with Gasteiger partial charge in [0, 0.05) is 13.1 Å². The number of benzene rings is 1. The lowest BCUT2D eigenvalue weighted by molar-refractivity contribution is -0.0963. The molecule has 0 aliphatic carbocycles. The molecule has 0 aromatic heterocycles. The van der Waals surface area contributed by atoms with Crippen molar-refractivity contribution in [3.05, 3.63) is 29.8 Å². The van der Waals surface area contributed by atoms with Gasteiger partial charge in [-0.15, -0.1) is 0 Å². The number of rotatable bonds is 4. The lowest BCUT2D eigenvalue weighted by Crippen LogP contribution is -2.27. The van der Waals surface area contributed by atoms with Crippen molar-refractivity contribution in [1.29, 1.82) is 0 Å². The number of hydroxylamine groups is 2. The van der Waals surface area contributed by atoms with Gasteiger partial charge in [-0.05, 0) is 31.0 Å². The van der Waals surface area contributed by atoms with Crippen LogP contribution >= 0.6 is 0 Å². The summed E-state index contributed by atoms with van der Waals surface area (Å²) in [6.07, 6.45) is 0.810. The van der Waals surface area contributed by atoms with Crippen molar-refractivity contribution in [2.75, 3.05) is 14.2 Å². The lowest BCUT2D eigenvalue weighted by Gasteiger charge is -2.17. The molecule has 0 aliphatic heterocycles. The van der Waals surface area contributed by atoms with E-state index in [0.29, 0.717) is 0 Å². The average Bonchev–Trinajstić information content (AvgIpc) is 2.18. The summed E-state index contributed by atoms with van der Waals surface area (Å²) in [6.45, 7) is 1.97. The number of nitrogens with zero attached hydrogens (tertiary/aromatic N) is 1. The molecule has 1 rings (SSSR count). The Morgan fingerprint density at radius 2 is 2.21 bits per heavy atom. The van der Waals surface area contributed by atoms with Crippen LogP contribution in [0.4, 0.5) is 0 Å². The van der Waals surface area contributed by atoms with Crippen LogP contribution in [0.25, 0.3) is 0 Å². The SMILES string of the molecule is COc1cccc(CC(C)N(C)O)c1. The minimum atomic E-state index is 0.113. The molecular formula is C11H17NO2. The van der Waals surface area contributed by atoms with Crippen LogP contribution in [0.15, 0.2) is 24.3 Å². The number of hydrogen-bond acceptors (Lipinski definition) is 3. The standard InChI is InChI=1S/C11H17NO2/c1-9(12(2)13)7-10-5-4-6-11(8-10)14-3/h4-6,8-9,13H,7H2,1-3H3. The van der Waals surface area contributed by atoms with Gasteiger partial charge < -0.3 is 9.94 Å². The Kier molecular flexibility index (Phi) is 3.92. The summed E-state index contributed by atoms with van der Waals surface area (Å²) in [6, 6.07) is 8.00. The molecule has 1 atom stereocenters. The van der Waals surface area contributed by atoms with Crippen LogP contribution in [-0.2, 0) is 6.42 Å². The van der Waals surface area contributed by atoms with Crippen molar-refractivity contribution in [3.8, 4) is 5.75 Å². The van der Waals surface area contributed by atoms with Gasteiger partial charge in [-0.1, -0.05) is 12.1 Å². The number of likely N-dealkylation sites (N-methyl/N-ethyl adjacent to an activating group) is 1. The van der Waals surface area contributed by atoms with E-state index in [4.69, 9.17) is 4.74 Å². The highest BCUT2D eigenvalue weighted by Crippen LogP contribution is 2.14. The molecule has 3 heteroatoms. The van der Waals surface area contributed by atoms with E-state index in [1.165, 1.54) is 5.06 Å². The number of methoxy groups -OCH3 is 1. The lowest BCUT2D eigenvalue weighted by atomic mass is 10.1. The smallest absolute Gasteiger partial charge is 0.119 e. The van der Waals surface area contributed by atoms with Crippen LogP contribution in [-0.4, -0.2) is 30.5 Å². The predicted octanol–water partition coefficient (Wildman–Crippen LogP) is 1.95. The van der Waals surface area contributed by atoms with Crippen molar-refractivity contribution in [2.24, 2.45) is 0 Å². The van der Waals surface area contributed by atoms with Crippen LogP contribution < -0.4 is 4.74 Å². The normalized spacial score (nSPS) is 12.9. The van der Waals surface area contributed by atoms with Gasteiger partial charge in [0.25, 0.3) is 0 Å². The fourth-order valence-corrected chi connectivity index (χ4v) is 1.27. The first-order chi connectivity index (χ1) is 6.63. The molecule has 1 aromatic rings. The summed E-state index contributed by atoms with van der Waals surface area (Å²) >= 11 is 0. The average molecular weight is 195 g/mol. The second-order valence-electron chi connectivity index (χ2n) is 3.48. The zero-order chi connectivity index (χ0) is 10.6. The molecule has 3 nitrogen and oxygen atoms in total. The molecule has 0 saturated carbocycles. The van der Waals surface area contributed by atoms with Crippen LogP contribution in [0.3, 0.4) is 0 Å². The maximum Gasteiger partial charge on any atom is 0.119 e. The molecule has 0 fully saturated rings. The molecule has 0 heterocycles. The monoisotopic (exact) mass is 195 g/mol. The number of ether oxygens (including phenoxy) is 1. The van der Waals surface area contributed by atoms with Crippen molar-refractivity contribution in [3.63, 3.8) is 0 Å². The molecule has 0 amide bonds. The van der Waals surface area contributed by atoms with Crippen LogP contribution in [0.2, 0.25) is 0 Å². The topological polar surface area (TPSA) is 32.7 Å². The summed E-state index contributed by atoms with van der Waals surface area (Å²) in [5.41, 5.74) is 1.16. The zero-order valence-electron chi connectivity index (χ0n) is 8.90. The summed E-state index contributed by atoms with van der Waals surface area (Å²) in [7, 11) is 3.31. The van der Waals surface area contributed by atoms with Gasteiger partial charge >= 0.3 is 0 Å². The van der Waals surface area contributed by atoms with Crippen molar-refractivity contribution in [1.82, 2.24) is 5.06 Å². The molecule has 0 aliphatic rings. The molecular weight excluding hydrogens is 178 g/mol. The highest BCUT2D eigenvalue weighted by molar-refractivity contribution is 5.28. The maximum atomic E-state index is 9.21. The summed E-state index contributed by atoms with van der Waals surface area (Å²) in [5.74, 6) is 0.857. The number of hydrogen-bond donors (Lipinski definition) is 1.